The first kappa shape index (κ1) is 17.7. The van der Waals surface area contributed by atoms with E-state index in [1.165, 1.54) is 18.1 Å². The highest BCUT2D eigenvalue weighted by Crippen LogP contribution is 2.40. The summed E-state index contributed by atoms with van der Waals surface area (Å²) in [4.78, 5) is 27.3. The number of nitro groups is 1. The summed E-state index contributed by atoms with van der Waals surface area (Å²) in [5, 5.41) is 13.2. The molecule has 8 heteroatoms. The number of pyridine rings is 1. The molecule has 0 spiro atoms. The van der Waals surface area contributed by atoms with Crippen molar-refractivity contribution in [2.24, 2.45) is 0 Å². The molecule has 1 aliphatic rings. The monoisotopic (exact) mass is 381 g/mol. The summed E-state index contributed by atoms with van der Waals surface area (Å²) < 4.78 is 0. The summed E-state index contributed by atoms with van der Waals surface area (Å²) in [6.07, 6.45) is 7.50. The van der Waals surface area contributed by atoms with Gasteiger partial charge in [-0.1, -0.05) is 42.8 Å². The summed E-state index contributed by atoms with van der Waals surface area (Å²) in [6.45, 7) is 1.58. The molecule has 138 valence electrons. The molecule has 0 N–H and O–H groups in total. The summed E-state index contributed by atoms with van der Waals surface area (Å²) >= 11 is 1.27. The smallest absolute Gasteiger partial charge is 0.343 e. The Morgan fingerprint density at radius 1 is 1.00 bits per heavy atom. The molecule has 2 aromatic heterocycles. The molecule has 1 aliphatic heterocycles. The molecule has 3 heterocycles. The van der Waals surface area contributed by atoms with E-state index in [1.807, 2.05) is 35.2 Å². The van der Waals surface area contributed by atoms with Crippen LogP contribution in [-0.2, 0) is 0 Å². The lowest BCUT2D eigenvalue weighted by atomic mass is 10.2. The SMILES string of the molecule is O=[N+]([O-])c1c(Sc2cccc3cccnc23)ncnc1N1CCCCCC1. The van der Waals surface area contributed by atoms with Crippen LogP contribution in [0.25, 0.3) is 10.9 Å². The number of fused-ring (bicyclic) bond motifs is 1. The van der Waals surface area contributed by atoms with Crippen molar-refractivity contribution in [3.63, 3.8) is 0 Å². The molecule has 0 atom stereocenters. The van der Waals surface area contributed by atoms with Crippen molar-refractivity contribution < 1.29 is 4.92 Å². The number of hydrogen-bond acceptors (Lipinski definition) is 7. The van der Waals surface area contributed by atoms with Gasteiger partial charge in [0.15, 0.2) is 5.03 Å². The summed E-state index contributed by atoms with van der Waals surface area (Å²) in [5.41, 5.74) is 0.798. The number of para-hydroxylation sites is 1. The Bertz CT molecular complexity index is 968. The van der Waals surface area contributed by atoms with Crippen LogP contribution >= 0.6 is 11.8 Å². The van der Waals surface area contributed by atoms with Crippen molar-refractivity contribution in [1.29, 1.82) is 0 Å². The Hall–Kier alpha value is -2.74. The second-order valence-electron chi connectivity index (χ2n) is 6.44. The van der Waals surface area contributed by atoms with E-state index in [4.69, 9.17) is 0 Å². The van der Waals surface area contributed by atoms with E-state index in [9.17, 15) is 10.1 Å². The molecule has 0 radical (unpaired) electrons. The van der Waals surface area contributed by atoms with Crippen LogP contribution in [0.15, 0.2) is 52.8 Å². The van der Waals surface area contributed by atoms with Crippen LogP contribution in [0.2, 0.25) is 0 Å². The van der Waals surface area contributed by atoms with Gasteiger partial charge in [0, 0.05) is 29.6 Å². The van der Waals surface area contributed by atoms with Crippen molar-refractivity contribution in [3.05, 3.63) is 53.0 Å². The molecule has 0 bridgehead atoms. The van der Waals surface area contributed by atoms with E-state index >= 15 is 0 Å². The molecular formula is C19H19N5O2S. The predicted octanol–water partition coefficient (Wildman–Crippen LogP) is 4.46. The van der Waals surface area contributed by atoms with Gasteiger partial charge in [-0.15, -0.1) is 0 Å². The van der Waals surface area contributed by atoms with Crippen LogP contribution in [0.5, 0.6) is 0 Å². The van der Waals surface area contributed by atoms with E-state index in [2.05, 4.69) is 15.0 Å². The maximum absolute atomic E-state index is 11.9. The normalized spacial score (nSPS) is 14.9. The number of nitrogens with zero attached hydrogens (tertiary/aromatic N) is 5. The van der Waals surface area contributed by atoms with Crippen molar-refractivity contribution in [2.75, 3.05) is 18.0 Å². The second-order valence-corrected chi connectivity index (χ2v) is 7.47. The lowest BCUT2D eigenvalue weighted by Gasteiger charge is -2.21. The Morgan fingerprint density at radius 3 is 2.56 bits per heavy atom. The standard InChI is InChI=1S/C19H19N5O2S/c25-24(26)17-18(23-11-3-1-2-4-12-23)21-13-22-19(17)27-15-9-5-7-14-8-6-10-20-16(14)15/h5-10,13H,1-4,11-12H2. The average Bonchev–Trinajstić information content (AvgIpc) is 2.97. The minimum absolute atomic E-state index is 0.0164. The number of hydrogen-bond donors (Lipinski definition) is 0. The van der Waals surface area contributed by atoms with Gasteiger partial charge in [0.25, 0.3) is 0 Å². The van der Waals surface area contributed by atoms with E-state index in [-0.39, 0.29) is 10.6 Å². The third kappa shape index (κ3) is 3.71. The van der Waals surface area contributed by atoms with Crippen molar-refractivity contribution in [1.82, 2.24) is 15.0 Å². The highest BCUT2D eigenvalue weighted by atomic mass is 32.2. The third-order valence-electron chi connectivity index (χ3n) is 4.66. The Labute approximate surface area is 161 Å². The first-order chi connectivity index (χ1) is 13.2. The van der Waals surface area contributed by atoms with Gasteiger partial charge < -0.3 is 4.90 Å². The zero-order valence-electron chi connectivity index (χ0n) is 14.7. The van der Waals surface area contributed by atoms with Crippen LogP contribution in [0.4, 0.5) is 11.5 Å². The molecular weight excluding hydrogens is 362 g/mol. The van der Waals surface area contributed by atoms with Crippen LogP contribution < -0.4 is 4.90 Å². The van der Waals surface area contributed by atoms with Gasteiger partial charge in [0.2, 0.25) is 5.82 Å². The van der Waals surface area contributed by atoms with Crippen LogP contribution in [-0.4, -0.2) is 33.0 Å². The maximum Gasteiger partial charge on any atom is 0.343 e. The lowest BCUT2D eigenvalue weighted by Crippen LogP contribution is -2.26. The van der Waals surface area contributed by atoms with Gasteiger partial charge in [-0.2, -0.15) is 0 Å². The van der Waals surface area contributed by atoms with Gasteiger partial charge in [-0.25, -0.2) is 9.97 Å². The second kappa shape index (κ2) is 7.87. The van der Waals surface area contributed by atoms with Gasteiger partial charge in [-0.3, -0.25) is 15.1 Å². The molecule has 0 aliphatic carbocycles. The number of rotatable bonds is 4. The summed E-state index contributed by atoms with van der Waals surface area (Å²) in [6, 6.07) is 9.67. The largest absolute Gasteiger partial charge is 0.351 e. The number of benzene rings is 1. The molecule has 1 saturated heterocycles. The van der Waals surface area contributed by atoms with E-state index in [0.717, 1.165) is 54.6 Å². The molecule has 7 nitrogen and oxygen atoms in total. The summed E-state index contributed by atoms with van der Waals surface area (Å²) in [5.74, 6) is 0.424. The van der Waals surface area contributed by atoms with Crippen LogP contribution in [0.1, 0.15) is 25.7 Å². The Morgan fingerprint density at radius 2 is 1.78 bits per heavy atom. The Kier molecular flexibility index (Phi) is 5.15. The third-order valence-corrected chi connectivity index (χ3v) is 5.70. The molecule has 27 heavy (non-hydrogen) atoms. The molecule has 1 fully saturated rings. The van der Waals surface area contributed by atoms with Gasteiger partial charge in [-0.05, 0) is 25.0 Å². The van der Waals surface area contributed by atoms with Crippen molar-refractivity contribution in [2.45, 2.75) is 35.6 Å². The molecule has 3 aromatic rings. The van der Waals surface area contributed by atoms with E-state index in [1.54, 1.807) is 6.20 Å². The fourth-order valence-corrected chi connectivity index (χ4v) is 4.35. The lowest BCUT2D eigenvalue weighted by molar-refractivity contribution is -0.387. The fourth-order valence-electron chi connectivity index (χ4n) is 3.36. The van der Waals surface area contributed by atoms with Gasteiger partial charge in [0.1, 0.15) is 6.33 Å². The Balaban J connectivity index is 1.76. The van der Waals surface area contributed by atoms with Crippen molar-refractivity contribution >= 4 is 34.2 Å². The topological polar surface area (TPSA) is 85.0 Å². The fraction of sp³-hybridized carbons (Fsp3) is 0.316. The zero-order valence-corrected chi connectivity index (χ0v) is 15.6. The van der Waals surface area contributed by atoms with E-state index in [0.29, 0.717) is 10.8 Å². The van der Waals surface area contributed by atoms with Gasteiger partial charge in [0.05, 0.1) is 10.4 Å². The number of anilines is 1. The minimum Gasteiger partial charge on any atom is -0.351 e. The highest BCUT2D eigenvalue weighted by molar-refractivity contribution is 7.99. The first-order valence-electron chi connectivity index (χ1n) is 9.00. The zero-order chi connectivity index (χ0) is 18.6. The predicted molar refractivity (Wildman–Crippen MR) is 105 cm³/mol. The van der Waals surface area contributed by atoms with Gasteiger partial charge >= 0.3 is 5.69 Å². The van der Waals surface area contributed by atoms with Crippen LogP contribution in [0.3, 0.4) is 0 Å². The molecule has 4 rings (SSSR count). The molecule has 0 unspecified atom stereocenters. The quantitative estimate of drug-likeness (QED) is 0.374. The first-order valence-corrected chi connectivity index (χ1v) is 9.81. The van der Waals surface area contributed by atoms with E-state index < -0.39 is 0 Å². The molecule has 1 aromatic carbocycles. The minimum atomic E-state index is -0.360. The highest BCUT2D eigenvalue weighted by Gasteiger charge is 2.28. The average molecular weight is 381 g/mol. The molecule has 0 amide bonds. The molecule has 0 saturated carbocycles. The summed E-state index contributed by atoms with van der Waals surface area (Å²) in [7, 11) is 0. The van der Waals surface area contributed by atoms with Crippen LogP contribution in [0, 0.1) is 10.1 Å². The maximum atomic E-state index is 11.9. The number of aromatic nitrogens is 3. The van der Waals surface area contributed by atoms with Crippen molar-refractivity contribution in [3.8, 4) is 0 Å².